The van der Waals surface area contributed by atoms with Gasteiger partial charge in [-0.2, -0.15) is 4.98 Å². The SMILES string of the molecule is Cc1nc2nc(NC3(C)CCCCC3O)n(C)c(=O)c2n1Cc1ccccc1. The third kappa shape index (κ3) is 3.20. The molecule has 1 aliphatic carbocycles. The third-order valence-corrected chi connectivity index (χ3v) is 5.92. The summed E-state index contributed by atoms with van der Waals surface area (Å²) in [5.74, 6) is 1.20. The Morgan fingerprint density at radius 1 is 1.25 bits per heavy atom. The van der Waals surface area contributed by atoms with E-state index in [0.29, 0.717) is 23.7 Å². The molecule has 0 spiro atoms. The quantitative estimate of drug-likeness (QED) is 0.726. The van der Waals surface area contributed by atoms with E-state index < -0.39 is 11.6 Å². The van der Waals surface area contributed by atoms with Crippen molar-refractivity contribution in [3.63, 3.8) is 0 Å². The fourth-order valence-corrected chi connectivity index (χ4v) is 4.06. The molecule has 2 atom stereocenters. The molecule has 2 aromatic heterocycles. The van der Waals surface area contributed by atoms with Crippen molar-refractivity contribution < 1.29 is 5.11 Å². The van der Waals surface area contributed by atoms with E-state index in [1.54, 1.807) is 7.05 Å². The molecule has 0 bridgehead atoms. The maximum absolute atomic E-state index is 13.2. The number of anilines is 1. The van der Waals surface area contributed by atoms with E-state index in [4.69, 9.17) is 0 Å². The van der Waals surface area contributed by atoms with Crippen LogP contribution in [0.5, 0.6) is 0 Å². The van der Waals surface area contributed by atoms with Gasteiger partial charge in [0.2, 0.25) is 5.95 Å². The molecule has 0 saturated heterocycles. The van der Waals surface area contributed by atoms with Crippen molar-refractivity contribution in [1.29, 1.82) is 0 Å². The molecule has 1 aliphatic rings. The number of fused-ring (bicyclic) bond motifs is 1. The second-order valence-corrected chi connectivity index (χ2v) is 8.01. The topological polar surface area (TPSA) is 85.0 Å². The summed E-state index contributed by atoms with van der Waals surface area (Å²) in [5, 5.41) is 13.8. The molecule has 1 saturated carbocycles. The Morgan fingerprint density at radius 2 is 2.00 bits per heavy atom. The number of aromatic nitrogens is 4. The van der Waals surface area contributed by atoms with E-state index in [1.807, 2.05) is 48.7 Å². The van der Waals surface area contributed by atoms with Crippen LogP contribution in [0.1, 0.15) is 44.0 Å². The number of imidazole rings is 1. The summed E-state index contributed by atoms with van der Waals surface area (Å²) in [6, 6.07) is 10.0. The molecule has 2 unspecified atom stereocenters. The van der Waals surface area contributed by atoms with Gasteiger partial charge in [-0.1, -0.05) is 43.2 Å². The average Bonchev–Trinajstić information content (AvgIpc) is 2.98. The summed E-state index contributed by atoms with van der Waals surface area (Å²) >= 11 is 0. The lowest BCUT2D eigenvalue weighted by molar-refractivity contribution is 0.0678. The van der Waals surface area contributed by atoms with Gasteiger partial charge in [0.25, 0.3) is 5.56 Å². The molecule has 28 heavy (non-hydrogen) atoms. The van der Waals surface area contributed by atoms with Crippen molar-refractivity contribution in [3.8, 4) is 0 Å². The van der Waals surface area contributed by atoms with Gasteiger partial charge in [-0.05, 0) is 32.3 Å². The zero-order chi connectivity index (χ0) is 19.9. The molecule has 3 aromatic rings. The van der Waals surface area contributed by atoms with Crippen LogP contribution in [0.3, 0.4) is 0 Å². The Bertz CT molecular complexity index is 1060. The van der Waals surface area contributed by atoms with Crippen LogP contribution >= 0.6 is 0 Å². The predicted octanol–water partition coefficient (Wildman–Crippen LogP) is 2.59. The largest absolute Gasteiger partial charge is 0.391 e. The Hall–Kier alpha value is -2.67. The number of nitrogens with zero attached hydrogens (tertiary/aromatic N) is 4. The Kier molecular flexibility index (Phi) is 4.71. The minimum Gasteiger partial charge on any atom is -0.391 e. The highest BCUT2D eigenvalue weighted by Gasteiger charge is 2.36. The first-order chi connectivity index (χ1) is 13.4. The van der Waals surface area contributed by atoms with E-state index >= 15 is 0 Å². The summed E-state index contributed by atoms with van der Waals surface area (Å²) < 4.78 is 3.44. The van der Waals surface area contributed by atoms with Crippen LogP contribution in [0, 0.1) is 6.92 Å². The van der Waals surface area contributed by atoms with Gasteiger partial charge in [-0.25, -0.2) is 4.98 Å². The molecule has 7 nitrogen and oxygen atoms in total. The zero-order valence-electron chi connectivity index (χ0n) is 16.6. The van der Waals surface area contributed by atoms with Crippen LogP contribution in [-0.4, -0.2) is 35.9 Å². The number of benzene rings is 1. The number of aryl methyl sites for hydroxylation is 1. The number of rotatable bonds is 4. The van der Waals surface area contributed by atoms with Gasteiger partial charge in [0.05, 0.1) is 11.6 Å². The fraction of sp³-hybridized carbons (Fsp3) is 0.476. The van der Waals surface area contributed by atoms with Gasteiger partial charge in [0, 0.05) is 13.6 Å². The van der Waals surface area contributed by atoms with Gasteiger partial charge in [-0.3, -0.25) is 9.36 Å². The van der Waals surface area contributed by atoms with E-state index in [2.05, 4.69) is 15.3 Å². The summed E-state index contributed by atoms with van der Waals surface area (Å²) in [7, 11) is 1.71. The van der Waals surface area contributed by atoms with Crippen molar-refractivity contribution in [2.75, 3.05) is 5.32 Å². The first kappa shape index (κ1) is 18.7. The molecule has 1 fully saturated rings. The van der Waals surface area contributed by atoms with Crippen molar-refractivity contribution >= 4 is 17.1 Å². The third-order valence-electron chi connectivity index (χ3n) is 5.92. The molecular weight excluding hydrogens is 354 g/mol. The summed E-state index contributed by atoms with van der Waals surface area (Å²) in [5.41, 5.74) is 1.41. The normalized spacial score (nSPS) is 22.5. The maximum Gasteiger partial charge on any atom is 0.280 e. The van der Waals surface area contributed by atoms with E-state index in [9.17, 15) is 9.90 Å². The van der Waals surface area contributed by atoms with Gasteiger partial charge in [0.15, 0.2) is 11.2 Å². The lowest BCUT2D eigenvalue weighted by Crippen LogP contribution is -2.49. The molecule has 4 rings (SSSR count). The summed E-state index contributed by atoms with van der Waals surface area (Å²) in [6.07, 6.45) is 3.19. The van der Waals surface area contributed by atoms with Crippen molar-refractivity contribution in [1.82, 2.24) is 19.1 Å². The van der Waals surface area contributed by atoms with Gasteiger partial charge >= 0.3 is 0 Å². The lowest BCUT2D eigenvalue weighted by Gasteiger charge is -2.39. The monoisotopic (exact) mass is 381 g/mol. The number of aliphatic hydroxyl groups excluding tert-OH is 1. The standard InChI is InChI=1S/C21H27N5O2/c1-14-22-18-17(26(14)13-15-9-5-4-6-10-15)19(28)25(3)20(23-18)24-21(2)12-8-7-11-16(21)27/h4-6,9-10,16,27H,7-8,11-13H2,1-3H3,(H,23,24). The molecular formula is C21H27N5O2. The maximum atomic E-state index is 13.2. The minimum atomic E-state index is -0.495. The highest BCUT2D eigenvalue weighted by Crippen LogP contribution is 2.31. The molecule has 0 aliphatic heterocycles. The van der Waals surface area contributed by atoms with Crippen molar-refractivity contribution in [2.45, 2.75) is 57.7 Å². The van der Waals surface area contributed by atoms with Crippen LogP contribution in [-0.2, 0) is 13.6 Å². The number of hydrogen-bond donors (Lipinski definition) is 2. The van der Waals surface area contributed by atoms with Crippen LogP contribution < -0.4 is 10.9 Å². The molecule has 148 valence electrons. The van der Waals surface area contributed by atoms with Crippen LogP contribution in [0.25, 0.3) is 11.2 Å². The highest BCUT2D eigenvalue weighted by atomic mass is 16.3. The molecule has 0 radical (unpaired) electrons. The fourth-order valence-electron chi connectivity index (χ4n) is 4.06. The smallest absolute Gasteiger partial charge is 0.280 e. The molecule has 2 N–H and O–H groups in total. The minimum absolute atomic E-state index is 0.141. The van der Waals surface area contributed by atoms with Gasteiger partial charge in [0.1, 0.15) is 5.82 Å². The average molecular weight is 381 g/mol. The predicted molar refractivity (Wildman–Crippen MR) is 110 cm³/mol. The van der Waals surface area contributed by atoms with Gasteiger partial charge in [-0.15, -0.1) is 0 Å². The highest BCUT2D eigenvalue weighted by molar-refractivity contribution is 5.72. The zero-order valence-corrected chi connectivity index (χ0v) is 16.6. The summed E-state index contributed by atoms with van der Waals surface area (Å²) in [6.45, 7) is 4.46. The van der Waals surface area contributed by atoms with Crippen LogP contribution in [0.15, 0.2) is 35.1 Å². The first-order valence-electron chi connectivity index (χ1n) is 9.83. The van der Waals surface area contributed by atoms with E-state index in [1.165, 1.54) is 4.57 Å². The Labute approximate surface area is 164 Å². The second kappa shape index (κ2) is 7.05. The van der Waals surface area contributed by atoms with Crippen molar-refractivity contribution in [3.05, 3.63) is 52.1 Å². The van der Waals surface area contributed by atoms with Crippen LogP contribution in [0.2, 0.25) is 0 Å². The van der Waals surface area contributed by atoms with Crippen molar-refractivity contribution in [2.24, 2.45) is 7.05 Å². The second-order valence-electron chi connectivity index (χ2n) is 8.01. The van der Waals surface area contributed by atoms with E-state index in [-0.39, 0.29) is 5.56 Å². The Morgan fingerprint density at radius 3 is 2.71 bits per heavy atom. The number of hydrogen-bond acceptors (Lipinski definition) is 5. The molecule has 0 amide bonds. The lowest BCUT2D eigenvalue weighted by atomic mass is 9.81. The number of nitrogens with one attached hydrogen (secondary N) is 1. The molecule has 2 heterocycles. The molecule has 7 heteroatoms. The Balaban J connectivity index is 1.76. The van der Waals surface area contributed by atoms with Gasteiger partial charge < -0.3 is 15.0 Å². The molecule has 1 aromatic carbocycles. The number of aliphatic hydroxyl groups is 1. The summed E-state index contributed by atoms with van der Waals surface area (Å²) in [4.78, 5) is 22.3. The van der Waals surface area contributed by atoms with E-state index in [0.717, 1.165) is 37.1 Å². The first-order valence-corrected chi connectivity index (χ1v) is 9.83. The van der Waals surface area contributed by atoms with Crippen LogP contribution in [0.4, 0.5) is 5.95 Å².